The highest BCUT2D eigenvalue weighted by molar-refractivity contribution is 7.88. The zero-order chi connectivity index (χ0) is 25.4. The Morgan fingerprint density at radius 1 is 0.857 bits per heavy atom. The normalized spacial score (nSPS) is 12.2. The van der Waals surface area contributed by atoms with Gasteiger partial charge in [-0.15, -0.1) is 0 Å². The summed E-state index contributed by atoms with van der Waals surface area (Å²) in [7, 11) is -2.22. The van der Waals surface area contributed by atoms with E-state index < -0.39 is 28.5 Å². The molecule has 1 atom stereocenters. The van der Waals surface area contributed by atoms with E-state index in [1.165, 1.54) is 11.9 Å². The van der Waals surface area contributed by atoms with E-state index in [1.54, 1.807) is 60.7 Å². The van der Waals surface area contributed by atoms with Crippen molar-refractivity contribution in [3.63, 3.8) is 0 Å². The van der Waals surface area contributed by atoms with Crippen molar-refractivity contribution in [1.29, 1.82) is 0 Å². The van der Waals surface area contributed by atoms with Crippen LogP contribution in [-0.4, -0.2) is 49.3 Å². The summed E-state index contributed by atoms with van der Waals surface area (Å²) in [5.74, 6) is -0.883. The van der Waals surface area contributed by atoms with E-state index in [4.69, 9.17) is 11.6 Å². The molecule has 0 fully saturated rings. The van der Waals surface area contributed by atoms with Gasteiger partial charge in [0.1, 0.15) is 6.04 Å². The lowest BCUT2D eigenvalue weighted by Gasteiger charge is -2.33. The third kappa shape index (κ3) is 7.39. The van der Waals surface area contributed by atoms with Gasteiger partial charge in [-0.05, 0) is 28.8 Å². The van der Waals surface area contributed by atoms with Crippen LogP contribution >= 0.6 is 11.6 Å². The molecule has 0 unspecified atom stereocenters. The van der Waals surface area contributed by atoms with Crippen molar-refractivity contribution in [3.8, 4) is 0 Å². The molecular formula is C26H28ClN3O4S. The number of benzene rings is 3. The van der Waals surface area contributed by atoms with Gasteiger partial charge in [-0.3, -0.25) is 9.59 Å². The molecule has 0 aromatic heterocycles. The lowest BCUT2D eigenvalue weighted by Crippen LogP contribution is -2.47. The number of sulfonamides is 1. The number of likely N-dealkylation sites (N-methyl/N-ethyl adjacent to an activating group) is 1. The number of nitrogens with one attached hydrogen (secondary N) is 1. The van der Waals surface area contributed by atoms with Crippen LogP contribution in [0.1, 0.15) is 22.7 Å². The topological polar surface area (TPSA) is 86.8 Å². The van der Waals surface area contributed by atoms with Crippen LogP contribution in [0.4, 0.5) is 0 Å². The van der Waals surface area contributed by atoms with E-state index in [2.05, 4.69) is 5.32 Å². The SMILES string of the molecule is CNC(=O)[C@H](c1ccccc1)N(Cc1ccc(Cl)cc1)C(=O)CN(Cc1ccccc1)S(C)(=O)=O. The predicted octanol–water partition coefficient (Wildman–Crippen LogP) is 3.62. The minimum Gasteiger partial charge on any atom is -0.357 e. The number of amides is 2. The van der Waals surface area contributed by atoms with E-state index in [-0.39, 0.29) is 19.0 Å². The molecule has 0 aliphatic heterocycles. The molecule has 1 N–H and O–H groups in total. The molecule has 3 rings (SSSR count). The molecule has 0 bridgehead atoms. The quantitative estimate of drug-likeness (QED) is 0.448. The molecule has 0 aliphatic rings. The molecule has 3 aromatic rings. The standard InChI is InChI=1S/C26H28ClN3O4S/c1-28-26(32)25(22-11-7-4-8-12-22)30(18-21-13-15-23(27)16-14-21)24(31)19-29(35(2,33)34)17-20-9-5-3-6-10-20/h3-16,25H,17-19H2,1-2H3,(H,28,32)/t25-/m0/s1. The summed E-state index contributed by atoms with van der Waals surface area (Å²) < 4.78 is 26.3. The van der Waals surface area contributed by atoms with Crippen LogP contribution in [0.15, 0.2) is 84.9 Å². The van der Waals surface area contributed by atoms with E-state index >= 15 is 0 Å². The van der Waals surface area contributed by atoms with Crippen LogP contribution in [0.2, 0.25) is 5.02 Å². The zero-order valence-electron chi connectivity index (χ0n) is 19.6. The number of carbonyl (C=O) groups excluding carboxylic acids is 2. The van der Waals surface area contributed by atoms with Gasteiger partial charge in [0.25, 0.3) is 0 Å². The van der Waals surface area contributed by atoms with E-state index in [1.807, 2.05) is 24.3 Å². The molecule has 9 heteroatoms. The molecule has 0 aliphatic carbocycles. The Hall–Kier alpha value is -3.20. The van der Waals surface area contributed by atoms with Gasteiger partial charge in [0.05, 0.1) is 12.8 Å². The minimum atomic E-state index is -3.72. The highest BCUT2D eigenvalue weighted by Gasteiger charge is 2.33. The van der Waals surface area contributed by atoms with Crippen molar-refractivity contribution in [1.82, 2.24) is 14.5 Å². The molecule has 0 radical (unpaired) electrons. The lowest BCUT2D eigenvalue weighted by molar-refractivity contribution is -0.141. The molecule has 35 heavy (non-hydrogen) atoms. The number of rotatable bonds is 10. The highest BCUT2D eigenvalue weighted by atomic mass is 35.5. The molecule has 184 valence electrons. The van der Waals surface area contributed by atoms with Crippen LogP contribution < -0.4 is 5.32 Å². The van der Waals surface area contributed by atoms with Crippen LogP contribution in [0.5, 0.6) is 0 Å². The first kappa shape index (κ1) is 26.4. The van der Waals surface area contributed by atoms with Gasteiger partial charge in [0.2, 0.25) is 21.8 Å². The summed E-state index contributed by atoms with van der Waals surface area (Å²) in [6.45, 7) is -0.288. The second-order valence-electron chi connectivity index (χ2n) is 8.09. The van der Waals surface area contributed by atoms with Crippen molar-refractivity contribution in [2.75, 3.05) is 19.8 Å². The van der Waals surface area contributed by atoms with Gasteiger partial charge in [-0.1, -0.05) is 84.4 Å². The van der Waals surface area contributed by atoms with E-state index in [0.717, 1.165) is 21.7 Å². The van der Waals surface area contributed by atoms with Crippen molar-refractivity contribution in [2.24, 2.45) is 0 Å². The Bertz CT molecular complexity index is 1240. The maximum Gasteiger partial charge on any atom is 0.247 e. The Morgan fingerprint density at radius 3 is 1.94 bits per heavy atom. The molecular weight excluding hydrogens is 486 g/mol. The number of halogens is 1. The average molecular weight is 514 g/mol. The van der Waals surface area contributed by atoms with Crippen LogP contribution in [0.3, 0.4) is 0 Å². The third-order valence-corrected chi connectivity index (χ3v) is 6.94. The molecule has 0 heterocycles. The summed E-state index contributed by atoms with van der Waals surface area (Å²) in [5, 5.41) is 3.18. The Balaban J connectivity index is 1.99. The first-order valence-corrected chi connectivity index (χ1v) is 13.2. The van der Waals surface area contributed by atoms with Crippen LogP contribution in [0.25, 0.3) is 0 Å². The predicted molar refractivity (Wildman–Crippen MR) is 137 cm³/mol. The van der Waals surface area contributed by atoms with Gasteiger partial charge in [-0.25, -0.2) is 8.42 Å². The summed E-state index contributed by atoms with van der Waals surface area (Å²) in [5.41, 5.74) is 2.12. The monoisotopic (exact) mass is 513 g/mol. The number of carbonyl (C=O) groups is 2. The third-order valence-electron chi connectivity index (χ3n) is 5.49. The second kappa shape index (κ2) is 12.0. The lowest BCUT2D eigenvalue weighted by atomic mass is 10.0. The highest BCUT2D eigenvalue weighted by Crippen LogP contribution is 2.25. The molecule has 0 saturated heterocycles. The van der Waals surface area contributed by atoms with Gasteiger partial charge in [0, 0.05) is 25.2 Å². The average Bonchev–Trinajstić information content (AvgIpc) is 2.85. The first-order chi connectivity index (χ1) is 16.7. The van der Waals surface area contributed by atoms with Crippen LogP contribution in [0, 0.1) is 0 Å². The maximum atomic E-state index is 13.7. The smallest absolute Gasteiger partial charge is 0.247 e. The first-order valence-electron chi connectivity index (χ1n) is 11.0. The van der Waals surface area contributed by atoms with Crippen LogP contribution in [-0.2, 0) is 32.7 Å². The summed E-state index contributed by atoms with van der Waals surface area (Å²) in [4.78, 5) is 28.1. The Kier molecular flexibility index (Phi) is 9.03. The van der Waals surface area contributed by atoms with E-state index in [9.17, 15) is 18.0 Å². The van der Waals surface area contributed by atoms with Crippen molar-refractivity contribution in [2.45, 2.75) is 19.1 Å². The molecule has 2 amide bonds. The van der Waals surface area contributed by atoms with Gasteiger partial charge < -0.3 is 10.2 Å². The number of hydrogen-bond acceptors (Lipinski definition) is 4. The molecule has 0 spiro atoms. The van der Waals surface area contributed by atoms with Crippen molar-refractivity contribution in [3.05, 3.63) is 107 Å². The Morgan fingerprint density at radius 2 is 1.40 bits per heavy atom. The summed E-state index contributed by atoms with van der Waals surface area (Å²) >= 11 is 6.02. The molecule has 0 saturated carbocycles. The van der Waals surface area contributed by atoms with Gasteiger partial charge >= 0.3 is 0 Å². The largest absolute Gasteiger partial charge is 0.357 e. The second-order valence-corrected chi connectivity index (χ2v) is 10.5. The number of nitrogens with zero attached hydrogens (tertiary/aromatic N) is 2. The number of hydrogen-bond donors (Lipinski definition) is 1. The fourth-order valence-electron chi connectivity index (χ4n) is 3.67. The minimum absolute atomic E-state index is 0.0379. The zero-order valence-corrected chi connectivity index (χ0v) is 21.2. The Labute approximate surface area is 211 Å². The maximum absolute atomic E-state index is 13.7. The van der Waals surface area contributed by atoms with Crippen molar-refractivity contribution < 1.29 is 18.0 Å². The fourth-order valence-corrected chi connectivity index (χ4v) is 4.53. The fraction of sp³-hybridized carbons (Fsp3) is 0.231. The summed E-state index contributed by atoms with van der Waals surface area (Å²) in [6.07, 6.45) is 1.07. The van der Waals surface area contributed by atoms with Crippen molar-refractivity contribution >= 4 is 33.4 Å². The molecule has 3 aromatic carbocycles. The van der Waals surface area contributed by atoms with E-state index in [0.29, 0.717) is 10.6 Å². The van der Waals surface area contributed by atoms with Gasteiger partial charge in [-0.2, -0.15) is 4.31 Å². The van der Waals surface area contributed by atoms with Gasteiger partial charge in [0.15, 0.2) is 0 Å². The summed E-state index contributed by atoms with van der Waals surface area (Å²) in [6, 6.07) is 24.0. The molecule has 7 nitrogen and oxygen atoms in total.